The van der Waals surface area contributed by atoms with Gasteiger partial charge >= 0.3 is 16.2 Å². The van der Waals surface area contributed by atoms with Crippen LogP contribution in [0.1, 0.15) is 46.0 Å². The number of carbonyl (C=O) groups excluding carboxylic acids is 1. The summed E-state index contributed by atoms with van der Waals surface area (Å²) in [6.45, 7) is 3.74. The van der Waals surface area contributed by atoms with E-state index < -0.39 is 16.2 Å². The van der Waals surface area contributed by atoms with Crippen molar-refractivity contribution in [2.24, 2.45) is 10.3 Å². The van der Waals surface area contributed by atoms with Crippen molar-refractivity contribution in [2.75, 3.05) is 13.2 Å². The van der Waals surface area contributed by atoms with E-state index in [0.29, 0.717) is 5.71 Å². The number of rotatable bonds is 4. The second kappa shape index (κ2) is 6.60. The van der Waals surface area contributed by atoms with Crippen LogP contribution in [0.3, 0.4) is 0 Å². The second-order valence-electron chi connectivity index (χ2n) is 5.24. The fourth-order valence-electron chi connectivity index (χ4n) is 2.84. The van der Waals surface area contributed by atoms with E-state index in [4.69, 9.17) is 4.74 Å². The third-order valence-corrected chi connectivity index (χ3v) is 5.30. The topological polar surface area (TPSA) is 76.0 Å². The van der Waals surface area contributed by atoms with E-state index >= 15 is 0 Å². The molecule has 7 heteroatoms. The van der Waals surface area contributed by atoms with Crippen LogP contribution in [-0.2, 0) is 19.7 Å². The van der Waals surface area contributed by atoms with Gasteiger partial charge in [0.1, 0.15) is 5.70 Å². The van der Waals surface area contributed by atoms with Crippen LogP contribution in [0.15, 0.2) is 16.2 Å². The van der Waals surface area contributed by atoms with Gasteiger partial charge in [0, 0.05) is 12.5 Å². The fraction of sp³-hybridized carbons (Fsp3) is 0.714. The van der Waals surface area contributed by atoms with Gasteiger partial charge in [-0.3, -0.25) is 0 Å². The summed E-state index contributed by atoms with van der Waals surface area (Å²) in [5.41, 5.74) is 0.581. The highest BCUT2D eigenvalue weighted by Gasteiger charge is 2.34. The number of hydrogen-bond donors (Lipinski definition) is 0. The lowest BCUT2D eigenvalue weighted by molar-refractivity contribution is -0.139. The van der Waals surface area contributed by atoms with Crippen molar-refractivity contribution in [3.05, 3.63) is 11.8 Å². The Morgan fingerprint density at radius 3 is 2.57 bits per heavy atom. The van der Waals surface area contributed by atoms with Crippen LogP contribution in [0.2, 0.25) is 0 Å². The molecule has 0 aromatic heterocycles. The van der Waals surface area contributed by atoms with Crippen molar-refractivity contribution in [3.63, 3.8) is 0 Å². The van der Waals surface area contributed by atoms with E-state index in [1.165, 1.54) is 6.42 Å². The van der Waals surface area contributed by atoms with Gasteiger partial charge in [-0.2, -0.15) is 8.42 Å². The van der Waals surface area contributed by atoms with E-state index in [0.717, 1.165) is 30.0 Å². The van der Waals surface area contributed by atoms with Crippen LogP contribution in [-0.4, -0.2) is 37.6 Å². The summed E-state index contributed by atoms with van der Waals surface area (Å²) in [6.07, 6.45) is 6.76. The van der Waals surface area contributed by atoms with E-state index in [9.17, 15) is 13.2 Å². The molecule has 0 amide bonds. The van der Waals surface area contributed by atoms with Crippen LogP contribution in [0.5, 0.6) is 0 Å². The maximum Gasteiger partial charge on any atom is 0.355 e. The van der Waals surface area contributed by atoms with Gasteiger partial charge in [0.05, 0.1) is 12.3 Å². The van der Waals surface area contributed by atoms with Crippen molar-refractivity contribution in [1.82, 2.24) is 4.31 Å². The van der Waals surface area contributed by atoms with Crippen molar-refractivity contribution >= 4 is 21.9 Å². The molecule has 1 heterocycles. The molecule has 21 heavy (non-hydrogen) atoms. The van der Waals surface area contributed by atoms with Gasteiger partial charge in [-0.15, -0.1) is 4.40 Å². The predicted molar refractivity (Wildman–Crippen MR) is 80.0 cm³/mol. The van der Waals surface area contributed by atoms with E-state index in [1.807, 2.05) is 0 Å². The highest BCUT2D eigenvalue weighted by atomic mass is 32.2. The number of likely N-dealkylation sites (N-methyl/N-ethyl adjacent to an activating group) is 1. The summed E-state index contributed by atoms with van der Waals surface area (Å²) < 4.78 is 34.4. The molecule has 118 valence electrons. The minimum Gasteiger partial charge on any atom is -0.461 e. The minimum absolute atomic E-state index is 0.0786. The first-order chi connectivity index (χ1) is 9.99. The first kappa shape index (κ1) is 16.0. The van der Waals surface area contributed by atoms with Crippen LogP contribution < -0.4 is 0 Å². The zero-order chi connectivity index (χ0) is 15.5. The molecular formula is C14H22N2O4S. The summed E-state index contributed by atoms with van der Waals surface area (Å²) in [5.74, 6) is -0.483. The lowest BCUT2D eigenvalue weighted by Crippen LogP contribution is -2.38. The van der Waals surface area contributed by atoms with Gasteiger partial charge in [-0.05, 0) is 32.8 Å². The number of allylic oxidation sites excluding steroid dienone is 1. The minimum atomic E-state index is -3.83. The quantitative estimate of drug-likeness (QED) is 0.744. The smallest absolute Gasteiger partial charge is 0.355 e. The molecule has 0 radical (unpaired) electrons. The predicted octanol–water partition coefficient (Wildman–Crippen LogP) is 2.04. The highest BCUT2D eigenvalue weighted by molar-refractivity contribution is 7.88. The van der Waals surface area contributed by atoms with Gasteiger partial charge < -0.3 is 4.74 Å². The molecule has 2 rings (SSSR count). The summed E-state index contributed by atoms with van der Waals surface area (Å²) >= 11 is 0. The van der Waals surface area contributed by atoms with Crippen molar-refractivity contribution in [3.8, 4) is 0 Å². The molecule has 0 spiro atoms. The van der Waals surface area contributed by atoms with E-state index in [2.05, 4.69) is 4.40 Å². The molecular weight excluding hydrogens is 292 g/mol. The summed E-state index contributed by atoms with van der Waals surface area (Å²) in [5, 5.41) is 0. The van der Waals surface area contributed by atoms with Crippen LogP contribution in [0, 0.1) is 5.92 Å². The lowest BCUT2D eigenvalue weighted by atomic mass is 9.85. The number of nitrogens with zero attached hydrogens (tertiary/aromatic N) is 2. The Labute approximate surface area is 126 Å². The van der Waals surface area contributed by atoms with Crippen molar-refractivity contribution < 1.29 is 17.9 Å². The Morgan fingerprint density at radius 1 is 1.33 bits per heavy atom. The molecule has 0 bridgehead atoms. The van der Waals surface area contributed by atoms with Gasteiger partial charge in [0.25, 0.3) is 0 Å². The number of hydrogen-bond acceptors (Lipinski definition) is 4. The molecule has 1 aliphatic heterocycles. The molecule has 0 aromatic carbocycles. The second-order valence-corrected chi connectivity index (χ2v) is 6.76. The number of carbonyl (C=O) groups is 1. The Balaban J connectivity index is 2.36. The zero-order valence-electron chi connectivity index (χ0n) is 12.5. The van der Waals surface area contributed by atoms with Crippen molar-refractivity contribution in [2.45, 2.75) is 46.0 Å². The summed E-state index contributed by atoms with van der Waals surface area (Å²) in [7, 11) is -3.83. The molecule has 0 N–H and O–H groups in total. The molecule has 1 fully saturated rings. The molecule has 1 aliphatic carbocycles. The third-order valence-electron chi connectivity index (χ3n) is 3.85. The average molecular weight is 314 g/mol. The third kappa shape index (κ3) is 3.45. The molecule has 0 atom stereocenters. The van der Waals surface area contributed by atoms with Gasteiger partial charge in [-0.25, -0.2) is 9.10 Å². The molecule has 0 aromatic rings. The van der Waals surface area contributed by atoms with Crippen LogP contribution in [0.4, 0.5) is 0 Å². The Morgan fingerprint density at radius 2 is 2.00 bits per heavy atom. The Kier molecular flexibility index (Phi) is 5.03. The van der Waals surface area contributed by atoms with Gasteiger partial charge in [0.2, 0.25) is 0 Å². The number of esters is 1. The highest BCUT2D eigenvalue weighted by Crippen LogP contribution is 2.29. The van der Waals surface area contributed by atoms with Crippen molar-refractivity contribution in [1.29, 1.82) is 0 Å². The molecule has 2 aliphatic rings. The van der Waals surface area contributed by atoms with Gasteiger partial charge in [0.15, 0.2) is 0 Å². The average Bonchev–Trinajstić information content (AvgIpc) is 2.46. The molecule has 0 unspecified atom stereocenters. The fourth-order valence-corrected chi connectivity index (χ4v) is 4.10. The molecule has 1 saturated carbocycles. The normalized spacial score (nSPS) is 22.5. The Bertz CT molecular complexity index is 560. The number of ether oxygens (including phenoxy) is 1. The van der Waals surface area contributed by atoms with Crippen LogP contribution >= 0.6 is 0 Å². The summed E-state index contributed by atoms with van der Waals surface area (Å²) in [4.78, 5) is 12.0. The van der Waals surface area contributed by atoms with E-state index in [1.54, 1.807) is 19.9 Å². The molecule has 0 saturated heterocycles. The standard InChI is InChI=1S/C14H22N2O4S/c1-3-16-13(14(17)20-4-2)10-12(15-21(16,18)19)11-8-6-5-7-9-11/h10-11H,3-9H2,1-2H3. The Hall–Kier alpha value is -1.37. The lowest BCUT2D eigenvalue weighted by Gasteiger charge is -2.29. The maximum atomic E-state index is 12.3. The maximum absolute atomic E-state index is 12.3. The van der Waals surface area contributed by atoms with Crippen LogP contribution in [0.25, 0.3) is 0 Å². The SMILES string of the molecule is CCOC(=O)C1=CC(C2CCCCC2)=NS(=O)(=O)N1CC. The zero-order valence-corrected chi connectivity index (χ0v) is 13.4. The first-order valence-electron chi connectivity index (χ1n) is 7.51. The monoisotopic (exact) mass is 314 g/mol. The van der Waals surface area contributed by atoms with E-state index in [-0.39, 0.29) is 24.8 Å². The van der Waals surface area contributed by atoms with Gasteiger partial charge in [-0.1, -0.05) is 19.3 Å². The molecule has 6 nitrogen and oxygen atoms in total. The first-order valence-corrected chi connectivity index (χ1v) is 8.90. The summed E-state index contributed by atoms with van der Waals surface area (Å²) in [6, 6.07) is 0. The largest absolute Gasteiger partial charge is 0.461 e.